The van der Waals surface area contributed by atoms with Gasteiger partial charge in [0.25, 0.3) is 0 Å². The number of terminal acetylenes is 1. The highest BCUT2D eigenvalue weighted by atomic mass is 19.1. The van der Waals surface area contributed by atoms with Crippen LogP contribution in [0.2, 0.25) is 0 Å². The lowest BCUT2D eigenvalue weighted by Gasteiger charge is -2.38. The van der Waals surface area contributed by atoms with Gasteiger partial charge in [-0.3, -0.25) is 4.79 Å². The molecule has 3 rings (SSSR count). The van der Waals surface area contributed by atoms with E-state index in [9.17, 15) is 9.18 Å². The highest BCUT2D eigenvalue weighted by Gasteiger charge is 2.39. The summed E-state index contributed by atoms with van der Waals surface area (Å²) >= 11 is 0. The molecule has 7 nitrogen and oxygen atoms in total. The number of anilines is 1. The standard InChI is InChI=1S/C15H17FN6O/c1-2-3-4-15(20-21-15)5-6-17-13(23)11-9-22(10-11)14-18-7-12(16)8-19-14/h1,7-8,11H,3-6,9-10H2,(H,17,23). The molecule has 0 saturated carbocycles. The first kappa shape index (κ1) is 15.3. The normalized spacial score (nSPS) is 18.2. The maximum atomic E-state index is 12.8. The van der Waals surface area contributed by atoms with Crippen molar-refractivity contribution >= 4 is 11.9 Å². The number of carbonyl (C=O) groups is 1. The van der Waals surface area contributed by atoms with Crippen molar-refractivity contribution in [3.8, 4) is 12.3 Å². The zero-order valence-corrected chi connectivity index (χ0v) is 12.6. The van der Waals surface area contributed by atoms with Crippen LogP contribution in [-0.2, 0) is 4.79 Å². The molecule has 0 aliphatic carbocycles. The zero-order valence-electron chi connectivity index (χ0n) is 12.6. The molecule has 120 valence electrons. The predicted molar refractivity (Wildman–Crippen MR) is 81.0 cm³/mol. The predicted octanol–water partition coefficient (Wildman–Crippen LogP) is 1.13. The van der Waals surface area contributed by atoms with E-state index in [0.717, 1.165) is 18.8 Å². The van der Waals surface area contributed by atoms with Gasteiger partial charge in [-0.1, -0.05) is 0 Å². The van der Waals surface area contributed by atoms with Crippen molar-refractivity contribution < 1.29 is 9.18 Å². The Labute approximate surface area is 133 Å². The third-order valence-electron chi connectivity index (χ3n) is 4.02. The number of amides is 1. The summed E-state index contributed by atoms with van der Waals surface area (Å²) in [5, 5.41) is 11.0. The highest BCUT2D eigenvalue weighted by molar-refractivity contribution is 5.81. The molecule has 0 bridgehead atoms. The topological polar surface area (TPSA) is 82.8 Å². The molecule has 0 unspecified atom stereocenters. The van der Waals surface area contributed by atoms with Crippen molar-refractivity contribution in [2.24, 2.45) is 16.1 Å². The Kier molecular flexibility index (Phi) is 4.19. The van der Waals surface area contributed by atoms with Gasteiger partial charge in [0.2, 0.25) is 11.9 Å². The van der Waals surface area contributed by atoms with E-state index in [1.54, 1.807) is 0 Å². The molecule has 0 spiro atoms. The molecule has 3 heterocycles. The highest BCUT2D eigenvalue weighted by Crippen LogP contribution is 2.36. The first-order chi connectivity index (χ1) is 11.1. The Morgan fingerprint density at radius 1 is 1.39 bits per heavy atom. The molecule has 1 aromatic rings. The first-order valence-electron chi connectivity index (χ1n) is 7.50. The minimum atomic E-state index is -0.474. The summed E-state index contributed by atoms with van der Waals surface area (Å²) in [6.45, 7) is 1.60. The van der Waals surface area contributed by atoms with E-state index in [4.69, 9.17) is 6.42 Å². The van der Waals surface area contributed by atoms with Crippen LogP contribution in [0.1, 0.15) is 19.3 Å². The fraction of sp³-hybridized carbons (Fsp3) is 0.533. The SMILES string of the molecule is C#CCCC1(CCNC(=O)C2CN(c3ncc(F)cn3)C2)N=N1. The van der Waals surface area contributed by atoms with Crippen LogP contribution < -0.4 is 10.2 Å². The molecule has 0 atom stereocenters. The van der Waals surface area contributed by atoms with Crippen molar-refractivity contribution in [3.05, 3.63) is 18.2 Å². The second-order valence-electron chi connectivity index (χ2n) is 5.73. The Morgan fingerprint density at radius 2 is 2.09 bits per heavy atom. The maximum absolute atomic E-state index is 12.8. The van der Waals surface area contributed by atoms with E-state index in [-0.39, 0.29) is 17.5 Å². The molecule has 2 aliphatic heterocycles. The minimum absolute atomic E-state index is 0.00360. The average molecular weight is 316 g/mol. The van der Waals surface area contributed by atoms with Gasteiger partial charge in [0.1, 0.15) is 0 Å². The fourth-order valence-electron chi connectivity index (χ4n) is 2.47. The van der Waals surface area contributed by atoms with Crippen molar-refractivity contribution in [3.63, 3.8) is 0 Å². The molecular formula is C15H17FN6O. The summed E-state index contributed by atoms with van der Waals surface area (Å²) in [7, 11) is 0. The van der Waals surface area contributed by atoms with Crippen LogP contribution in [0.5, 0.6) is 0 Å². The van der Waals surface area contributed by atoms with Crippen molar-refractivity contribution in [1.82, 2.24) is 15.3 Å². The van der Waals surface area contributed by atoms with Gasteiger partial charge in [-0.05, 0) is 0 Å². The molecule has 1 saturated heterocycles. The van der Waals surface area contributed by atoms with E-state index < -0.39 is 5.82 Å². The largest absolute Gasteiger partial charge is 0.356 e. The molecule has 0 aromatic carbocycles. The van der Waals surface area contributed by atoms with Crippen LogP contribution in [0.25, 0.3) is 0 Å². The van der Waals surface area contributed by atoms with E-state index in [1.807, 2.05) is 4.90 Å². The van der Waals surface area contributed by atoms with Gasteiger partial charge < -0.3 is 10.2 Å². The van der Waals surface area contributed by atoms with Crippen molar-refractivity contribution in [2.45, 2.75) is 24.9 Å². The summed E-state index contributed by atoms with van der Waals surface area (Å²) in [6, 6.07) is 0. The molecular weight excluding hydrogens is 299 g/mol. The third-order valence-corrected chi connectivity index (χ3v) is 4.02. The molecule has 1 N–H and O–H groups in total. The van der Waals surface area contributed by atoms with E-state index in [2.05, 4.69) is 31.4 Å². The van der Waals surface area contributed by atoms with E-state index in [0.29, 0.717) is 38.4 Å². The number of carbonyl (C=O) groups excluding carboxylic acids is 1. The van der Waals surface area contributed by atoms with E-state index in [1.165, 1.54) is 0 Å². The number of hydrogen-bond donors (Lipinski definition) is 1. The zero-order chi connectivity index (χ0) is 16.3. The lowest BCUT2D eigenvalue weighted by atomic mass is 9.99. The molecule has 23 heavy (non-hydrogen) atoms. The summed E-state index contributed by atoms with van der Waals surface area (Å²) in [5.41, 5.74) is -0.368. The quantitative estimate of drug-likeness (QED) is 0.765. The molecule has 1 amide bonds. The van der Waals surface area contributed by atoms with Crippen LogP contribution in [0.15, 0.2) is 22.6 Å². The smallest absolute Gasteiger partial charge is 0.226 e. The second kappa shape index (κ2) is 6.28. The Morgan fingerprint density at radius 3 is 2.70 bits per heavy atom. The van der Waals surface area contributed by atoms with Crippen LogP contribution >= 0.6 is 0 Å². The number of nitrogens with one attached hydrogen (secondary N) is 1. The number of rotatable bonds is 7. The van der Waals surface area contributed by atoms with Crippen molar-refractivity contribution in [2.75, 3.05) is 24.5 Å². The van der Waals surface area contributed by atoms with Crippen molar-refractivity contribution in [1.29, 1.82) is 0 Å². The molecule has 0 radical (unpaired) electrons. The van der Waals surface area contributed by atoms with Gasteiger partial charge in [-0.15, -0.1) is 12.3 Å². The van der Waals surface area contributed by atoms with Gasteiger partial charge in [-0.2, -0.15) is 10.2 Å². The minimum Gasteiger partial charge on any atom is -0.356 e. The van der Waals surface area contributed by atoms with Gasteiger partial charge in [0.15, 0.2) is 11.5 Å². The van der Waals surface area contributed by atoms with Crippen LogP contribution in [0.3, 0.4) is 0 Å². The molecule has 2 aliphatic rings. The van der Waals surface area contributed by atoms with Gasteiger partial charge >= 0.3 is 0 Å². The summed E-state index contributed by atoms with van der Waals surface area (Å²) in [5.74, 6) is 2.44. The van der Waals surface area contributed by atoms with Gasteiger partial charge in [-0.25, -0.2) is 14.4 Å². The fourth-order valence-corrected chi connectivity index (χ4v) is 2.47. The molecule has 1 aromatic heterocycles. The maximum Gasteiger partial charge on any atom is 0.226 e. The third kappa shape index (κ3) is 3.62. The number of aromatic nitrogens is 2. The lowest BCUT2D eigenvalue weighted by molar-refractivity contribution is -0.125. The Balaban J connectivity index is 1.36. The second-order valence-corrected chi connectivity index (χ2v) is 5.73. The van der Waals surface area contributed by atoms with Gasteiger partial charge in [0.05, 0.1) is 18.3 Å². The first-order valence-corrected chi connectivity index (χ1v) is 7.50. The summed E-state index contributed by atoms with van der Waals surface area (Å²) in [6.07, 6.45) is 9.52. The van der Waals surface area contributed by atoms with Crippen LogP contribution in [0, 0.1) is 24.1 Å². The number of nitrogens with zero attached hydrogens (tertiary/aromatic N) is 5. The molecule has 8 heteroatoms. The number of hydrogen-bond acceptors (Lipinski definition) is 6. The average Bonchev–Trinajstić information content (AvgIpc) is 3.26. The Bertz CT molecular complexity index is 641. The van der Waals surface area contributed by atoms with E-state index >= 15 is 0 Å². The van der Waals surface area contributed by atoms with Crippen LogP contribution in [-0.4, -0.2) is 41.2 Å². The summed E-state index contributed by atoms with van der Waals surface area (Å²) in [4.78, 5) is 21.7. The Hall–Kier alpha value is -2.56. The monoisotopic (exact) mass is 316 g/mol. The van der Waals surface area contributed by atoms with Crippen LogP contribution in [0.4, 0.5) is 10.3 Å². The molecule has 1 fully saturated rings. The summed E-state index contributed by atoms with van der Waals surface area (Å²) < 4.78 is 12.8. The van der Waals surface area contributed by atoms with Gasteiger partial charge in [0, 0.05) is 38.9 Å². The lowest BCUT2D eigenvalue weighted by Crippen LogP contribution is -2.54. The number of halogens is 1.